The van der Waals surface area contributed by atoms with Crippen molar-refractivity contribution in [3.05, 3.63) is 0 Å². The Morgan fingerprint density at radius 1 is 1.56 bits per heavy atom. The number of rotatable bonds is 3. The molecule has 0 aromatic carbocycles. The van der Waals surface area contributed by atoms with Gasteiger partial charge >= 0.3 is 0 Å². The Hall–Kier alpha value is -0.480. The summed E-state index contributed by atoms with van der Waals surface area (Å²) in [6.07, 6.45) is 10.1. The van der Waals surface area contributed by atoms with Gasteiger partial charge in [-0.15, -0.1) is 12.3 Å². The third-order valence-corrected chi connectivity index (χ3v) is 1.81. The molecule has 0 unspecified atom stereocenters. The highest BCUT2D eigenvalue weighted by atomic mass is 14.9. The topological polar surface area (TPSA) is 12.0 Å². The molecule has 1 nitrogen and oxygen atoms in total. The van der Waals surface area contributed by atoms with E-state index in [-0.39, 0.29) is 0 Å². The van der Waals surface area contributed by atoms with Crippen molar-refractivity contribution in [2.75, 3.05) is 6.54 Å². The first-order valence-corrected chi connectivity index (χ1v) is 3.60. The maximum Gasteiger partial charge on any atom is 0.0211 e. The van der Waals surface area contributed by atoms with Gasteiger partial charge in [0.1, 0.15) is 0 Å². The lowest BCUT2D eigenvalue weighted by Crippen LogP contribution is -2.35. The quantitative estimate of drug-likeness (QED) is 0.438. The lowest BCUT2D eigenvalue weighted by Gasteiger charge is -2.25. The van der Waals surface area contributed by atoms with Crippen LogP contribution in [0.4, 0.5) is 0 Å². The van der Waals surface area contributed by atoms with Gasteiger partial charge in [0.2, 0.25) is 0 Å². The molecule has 0 atom stereocenters. The maximum atomic E-state index is 5.08. The van der Waals surface area contributed by atoms with E-state index in [1.807, 2.05) is 0 Å². The molecule has 1 saturated carbocycles. The predicted octanol–water partition coefficient (Wildman–Crippen LogP) is 1.15. The van der Waals surface area contributed by atoms with Crippen molar-refractivity contribution in [2.45, 2.75) is 31.7 Å². The Morgan fingerprint density at radius 3 is 2.78 bits per heavy atom. The number of hydrogen-bond donors (Lipinski definition) is 1. The molecule has 1 rings (SSSR count). The van der Waals surface area contributed by atoms with E-state index in [1.165, 1.54) is 19.3 Å². The third kappa shape index (κ3) is 2.07. The van der Waals surface area contributed by atoms with Crippen molar-refractivity contribution in [3.63, 3.8) is 0 Å². The van der Waals surface area contributed by atoms with E-state index in [0.717, 1.165) is 19.0 Å². The SMILES string of the molecule is C#CCCNC1CCC1. The van der Waals surface area contributed by atoms with Gasteiger partial charge in [-0.1, -0.05) is 6.42 Å². The number of terminal acetylenes is 1. The van der Waals surface area contributed by atoms with E-state index in [1.54, 1.807) is 0 Å². The first kappa shape index (κ1) is 6.64. The molecular weight excluding hydrogens is 110 g/mol. The highest BCUT2D eigenvalue weighted by Gasteiger charge is 2.14. The molecule has 1 aliphatic carbocycles. The van der Waals surface area contributed by atoms with Crippen molar-refractivity contribution in [2.24, 2.45) is 0 Å². The van der Waals surface area contributed by atoms with Crippen LogP contribution >= 0.6 is 0 Å². The Labute approximate surface area is 56.8 Å². The Kier molecular flexibility index (Phi) is 2.60. The van der Waals surface area contributed by atoms with Gasteiger partial charge in [0, 0.05) is 19.0 Å². The second kappa shape index (κ2) is 3.53. The minimum atomic E-state index is 0.790. The zero-order chi connectivity index (χ0) is 6.53. The summed E-state index contributed by atoms with van der Waals surface area (Å²) in [6.45, 7) is 1.00. The Morgan fingerprint density at radius 2 is 2.33 bits per heavy atom. The van der Waals surface area contributed by atoms with Crippen molar-refractivity contribution in [1.82, 2.24) is 5.32 Å². The summed E-state index contributed by atoms with van der Waals surface area (Å²) in [5, 5.41) is 3.38. The van der Waals surface area contributed by atoms with E-state index in [4.69, 9.17) is 6.42 Å². The molecule has 0 aliphatic heterocycles. The lowest BCUT2D eigenvalue weighted by atomic mass is 9.93. The summed E-state index contributed by atoms with van der Waals surface area (Å²) in [4.78, 5) is 0. The Bertz CT molecular complexity index is 108. The molecule has 0 radical (unpaired) electrons. The van der Waals surface area contributed by atoms with Crippen LogP contribution in [0.3, 0.4) is 0 Å². The first-order valence-electron chi connectivity index (χ1n) is 3.60. The lowest BCUT2D eigenvalue weighted by molar-refractivity contribution is 0.343. The van der Waals surface area contributed by atoms with Crippen LogP contribution in [0.1, 0.15) is 25.7 Å². The fourth-order valence-electron chi connectivity index (χ4n) is 0.961. The first-order chi connectivity index (χ1) is 4.43. The van der Waals surface area contributed by atoms with Gasteiger partial charge in [-0.2, -0.15) is 0 Å². The van der Waals surface area contributed by atoms with Gasteiger partial charge in [0.05, 0.1) is 0 Å². The molecule has 0 amide bonds. The zero-order valence-electron chi connectivity index (χ0n) is 5.69. The summed E-state index contributed by atoms with van der Waals surface area (Å²) >= 11 is 0. The fourth-order valence-corrected chi connectivity index (χ4v) is 0.961. The predicted molar refractivity (Wildman–Crippen MR) is 39.1 cm³/mol. The van der Waals surface area contributed by atoms with Crippen LogP contribution in [0.15, 0.2) is 0 Å². The van der Waals surface area contributed by atoms with Gasteiger partial charge in [0.25, 0.3) is 0 Å². The molecule has 0 bridgehead atoms. The molecule has 0 aromatic rings. The molecule has 1 N–H and O–H groups in total. The van der Waals surface area contributed by atoms with Crippen molar-refractivity contribution in [3.8, 4) is 12.3 Å². The number of hydrogen-bond acceptors (Lipinski definition) is 1. The van der Waals surface area contributed by atoms with E-state index in [9.17, 15) is 0 Å². The smallest absolute Gasteiger partial charge is 0.0211 e. The van der Waals surface area contributed by atoms with Crippen LogP contribution in [0.5, 0.6) is 0 Å². The summed E-state index contributed by atoms with van der Waals surface area (Å²) < 4.78 is 0. The van der Waals surface area contributed by atoms with Crippen molar-refractivity contribution >= 4 is 0 Å². The van der Waals surface area contributed by atoms with Gasteiger partial charge in [0.15, 0.2) is 0 Å². The van der Waals surface area contributed by atoms with E-state index >= 15 is 0 Å². The third-order valence-electron chi connectivity index (χ3n) is 1.81. The zero-order valence-corrected chi connectivity index (χ0v) is 5.69. The standard InChI is InChI=1S/C8H13N/c1-2-3-7-9-8-5-4-6-8/h1,8-9H,3-7H2. The molecule has 50 valence electrons. The molecule has 1 fully saturated rings. The van der Waals surface area contributed by atoms with E-state index < -0.39 is 0 Å². The second-order valence-electron chi connectivity index (χ2n) is 2.54. The minimum Gasteiger partial charge on any atom is -0.313 e. The molecule has 0 spiro atoms. The summed E-state index contributed by atoms with van der Waals surface area (Å²) in [5.41, 5.74) is 0. The molecule has 9 heavy (non-hydrogen) atoms. The normalized spacial score (nSPS) is 18.6. The van der Waals surface area contributed by atoms with Gasteiger partial charge in [-0.05, 0) is 12.8 Å². The fraction of sp³-hybridized carbons (Fsp3) is 0.750. The average molecular weight is 123 g/mol. The summed E-state index contributed by atoms with van der Waals surface area (Å²) in [6, 6.07) is 0.790. The van der Waals surface area contributed by atoms with Crippen LogP contribution in [-0.4, -0.2) is 12.6 Å². The van der Waals surface area contributed by atoms with Gasteiger partial charge in [-0.25, -0.2) is 0 Å². The maximum absolute atomic E-state index is 5.08. The number of nitrogens with one attached hydrogen (secondary N) is 1. The second-order valence-corrected chi connectivity index (χ2v) is 2.54. The minimum absolute atomic E-state index is 0.790. The van der Waals surface area contributed by atoms with Crippen LogP contribution in [0.25, 0.3) is 0 Å². The summed E-state index contributed by atoms with van der Waals surface area (Å²) in [5.74, 6) is 2.61. The van der Waals surface area contributed by atoms with Crippen LogP contribution in [-0.2, 0) is 0 Å². The monoisotopic (exact) mass is 123 g/mol. The molecule has 1 aliphatic rings. The van der Waals surface area contributed by atoms with E-state index in [0.29, 0.717) is 0 Å². The Balaban J connectivity index is 1.87. The van der Waals surface area contributed by atoms with Gasteiger partial charge in [-0.3, -0.25) is 0 Å². The molecule has 0 heterocycles. The molecule has 0 saturated heterocycles. The van der Waals surface area contributed by atoms with Gasteiger partial charge < -0.3 is 5.32 Å². The van der Waals surface area contributed by atoms with Crippen LogP contribution in [0, 0.1) is 12.3 Å². The highest BCUT2D eigenvalue weighted by molar-refractivity contribution is 4.85. The molecular formula is C8H13N. The molecule has 1 heteroatoms. The average Bonchev–Trinajstić information content (AvgIpc) is 1.76. The highest BCUT2D eigenvalue weighted by Crippen LogP contribution is 2.17. The van der Waals surface area contributed by atoms with Crippen LogP contribution < -0.4 is 5.32 Å². The largest absolute Gasteiger partial charge is 0.313 e. The van der Waals surface area contributed by atoms with E-state index in [2.05, 4.69) is 11.2 Å². The van der Waals surface area contributed by atoms with Crippen molar-refractivity contribution < 1.29 is 0 Å². The van der Waals surface area contributed by atoms with Crippen LogP contribution in [0.2, 0.25) is 0 Å². The molecule has 0 aromatic heterocycles. The van der Waals surface area contributed by atoms with Crippen molar-refractivity contribution in [1.29, 1.82) is 0 Å². The summed E-state index contributed by atoms with van der Waals surface area (Å²) in [7, 11) is 0.